The Morgan fingerprint density at radius 1 is 1.24 bits per heavy atom. The highest BCUT2D eigenvalue weighted by molar-refractivity contribution is 5.91. The van der Waals surface area contributed by atoms with E-state index in [2.05, 4.69) is 0 Å². The van der Waals surface area contributed by atoms with Crippen molar-refractivity contribution in [1.82, 2.24) is 0 Å². The van der Waals surface area contributed by atoms with E-state index in [9.17, 15) is 14.9 Å². The van der Waals surface area contributed by atoms with Crippen LogP contribution in [-0.4, -0.2) is 16.0 Å². The largest absolute Gasteiger partial charge is 0.482 e. The smallest absolute Gasteiger partial charge is 0.336 e. The van der Waals surface area contributed by atoms with Crippen LogP contribution in [0.4, 0.5) is 5.69 Å². The van der Waals surface area contributed by atoms with Gasteiger partial charge in [-0.3, -0.25) is 10.1 Å². The van der Waals surface area contributed by atoms with Crippen molar-refractivity contribution in [2.24, 2.45) is 0 Å². The van der Waals surface area contributed by atoms with Crippen molar-refractivity contribution in [1.29, 1.82) is 0 Å². The Hall–Kier alpha value is -2.89. The zero-order chi connectivity index (χ0) is 15.4. The lowest BCUT2D eigenvalue weighted by molar-refractivity contribution is -0.386. The van der Waals surface area contributed by atoms with Crippen LogP contribution in [0.3, 0.4) is 0 Å². The van der Waals surface area contributed by atoms with Crippen LogP contribution in [0, 0.1) is 17.0 Å². The topological polar surface area (TPSA) is 89.7 Å². The van der Waals surface area contributed by atoms with Gasteiger partial charge >= 0.3 is 11.7 Å². The zero-order valence-corrected chi connectivity index (χ0v) is 11.3. The molecule has 6 nitrogen and oxygen atoms in total. The van der Waals surface area contributed by atoms with Crippen molar-refractivity contribution < 1.29 is 19.6 Å². The molecule has 0 aliphatic heterocycles. The molecule has 0 fully saturated rings. The van der Waals surface area contributed by atoms with Gasteiger partial charge < -0.3 is 9.84 Å². The van der Waals surface area contributed by atoms with Crippen molar-refractivity contribution in [3.8, 4) is 5.75 Å². The average Bonchev–Trinajstić information content (AvgIpc) is 2.45. The summed E-state index contributed by atoms with van der Waals surface area (Å²) < 4.78 is 5.47. The van der Waals surface area contributed by atoms with Crippen molar-refractivity contribution in [3.63, 3.8) is 0 Å². The van der Waals surface area contributed by atoms with Gasteiger partial charge in [-0.1, -0.05) is 30.3 Å². The average molecular weight is 287 g/mol. The number of hydrogen-bond donors (Lipinski definition) is 1. The van der Waals surface area contributed by atoms with E-state index in [1.54, 1.807) is 0 Å². The molecule has 6 heteroatoms. The summed E-state index contributed by atoms with van der Waals surface area (Å²) in [7, 11) is 0. The predicted octanol–water partition coefficient (Wildman–Crippen LogP) is 3.18. The monoisotopic (exact) mass is 287 g/mol. The van der Waals surface area contributed by atoms with Gasteiger partial charge in [0.1, 0.15) is 6.61 Å². The van der Waals surface area contributed by atoms with Gasteiger partial charge in [-0.05, 0) is 24.6 Å². The normalized spacial score (nSPS) is 10.1. The number of nitro benzene ring substituents is 1. The summed E-state index contributed by atoms with van der Waals surface area (Å²) in [6.07, 6.45) is 0. The molecule has 21 heavy (non-hydrogen) atoms. The molecule has 2 rings (SSSR count). The Bertz CT molecular complexity index is 682. The van der Waals surface area contributed by atoms with Gasteiger partial charge in [-0.15, -0.1) is 0 Å². The second kappa shape index (κ2) is 6.04. The molecule has 0 aliphatic carbocycles. The molecule has 0 spiro atoms. The van der Waals surface area contributed by atoms with Crippen LogP contribution in [0.1, 0.15) is 21.5 Å². The maximum absolute atomic E-state index is 11.2. The number of nitrogens with zero attached hydrogens (tertiary/aromatic N) is 1. The van der Waals surface area contributed by atoms with Gasteiger partial charge in [0.2, 0.25) is 0 Å². The highest BCUT2D eigenvalue weighted by atomic mass is 16.6. The van der Waals surface area contributed by atoms with Gasteiger partial charge in [0.15, 0.2) is 5.75 Å². The number of carbonyl (C=O) groups is 1. The minimum Gasteiger partial charge on any atom is -0.482 e. The van der Waals surface area contributed by atoms with Gasteiger partial charge in [0.25, 0.3) is 0 Å². The lowest BCUT2D eigenvalue weighted by atomic mass is 10.1. The zero-order valence-electron chi connectivity index (χ0n) is 11.3. The third-order valence-electron chi connectivity index (χ3n) is 3.04. The van der Waals surface area contributed by atoms with Gasteiger partial charge in [-0.25, -0.2) is 4.79 Å². The molecule has 0 unspecified atom stereocenters. The number of carboxylic acids is 1. The van der Waals surface area contributed by atoms with Crippen LogP contribution in [-0.2, 0) is 6.61 Å². The Morgan fingerprint density at radius 3 is 2.48 bits per heavy atom. The number of rotatable bonds is 5. The van der Waals surface area contributed by atoms with Gasteiger partial charge in [0.05, 0.1) is 10.5 Å². The number of aromatic carboxylic acids is 1. The third-order valence-corrected chi connectivity index (χ3v) is 3.04. The summed E-state index contributed by atoms with van der Waals surface area (Å²) in [5.41, 5.74) is 0.532. The van der Waals surface area contributed by atoms with E-state index >= 15 is 0 Å². The predicted molar refractivity (Wildman–Crippen MR) is 75.6 cm³/mol. The Labute approximate surface area is 120 Å². The fourth-order valence-electron chi connectivity index (χ4n) is 1.99. The minimum absolute atomic E-state index is 0.0614. The summed E-state index contributed by atoms with van der Waals surface area (Å²) in [5, 5.41) is 20.2. The molecular formula is C15H13NO5. The number of nitro groups is 1. The van der Waals surface area contributed by atoms with Crippen molar-refractivity contribution in [3.05, 3.63) is 69.3 Å². The molecule has 0 bridgehead atoms. The molecule has 2 aromatic rings. The number of hydrogen-bond acceptors (Lipinski definition) is 4. The first kappa shape index (κ1) is 14.5. The molecule has 2 aromatic carbocycles. The number of benzene rings is 2. The molecule has 0 aliphatic rings. The van der Waals surface area contributed by atoms with E-state index < -0.39 is 10.9 Å². The summed E-state index contributed by atoms with van der Waals surface area (Å²) in [5.74, 6) is -1.14. The van der Waals surface area contributed by atoms with Crippen LogP contribution in [0.2, 0.25) is 0 Å². The lowest BCUT2D eigenvalue weighted by Gasteiger charge is -2.10. The highest BCUT2D eigenvalue weighted by Crippen LogP contribution is 2.33. The molecule has 0 amide bonds. The Kier molecular flexibility index (Phi) is 4.18. The molecule has 0 saturated heterocycles. The first-order chi connectivity index (χ1) is 10.0. The van der Waals surface area contributed by atoms with Crippen molar-refractivity contribution in [2.75, 3.05) is 0 Å². The van der Waals surface area contributed by atoms with Crippen LogP contribution < -0.4 is 4.74 Å². The lowest BCUT2D eigenvalue weighted by Crippen LogP contribution is -2.06. The SMILES string of the molecule is Cc1c(C(=O)O)ccc(OCc2ccccc2)c1[N+](=O)[O-]. The molecule has 0 saturated carbocycles. The molecular weight excluding hydrogens is 274 g/mol. The Morgan fingerprint density at radius 2 is 1.90 bits per heavy atom. The third kappa shape index (κ3) is 3.17. The van der Waals surface area contributed by atoms with Crippen LogP contribution in [0.15, 0.2) is 42.5 Å². The maximum Gasteiger partial charge on any atom is 0.336 e. The summed E-state index contributed by atoms with van der Waals surface area (Å²) in [4.78, 5) is 21.6. The quantitative estimate of drug-likeness (QED) is 0.673. The number of carboxylic acid groups (broad SMARTS) is 1. The fourth-order valence-corrected chi connectivity index (χ4v) is 1.99. The minimum atomic E-state index is -1.20. The summed E-state index contributed by atoms with van der Waals surface area (Å²) in [6, 6.07) is 11.8. The molecule has 1 N–H and O–H groups in total. The molecule has 0 aromatic heterocycles. The molecule has 0 atom stereocenters. The van der Waals surface area contributed by atoms with E-state index in [0.717, 1.165) is 5.56 Å². The van der Waals surface area contributed by atoms with E-state index in [4.69, 9.17) is 9.84 Å². The van der Waals surface area contributed by atoms with E-state index in [-0.39, 0.29) is 29.2 Å². The fraction of sp³-hybridized carbons (Fsp3) is 0.133. The van der Waals surface area contributed by atoms with Crippen LogP contribution in [0.25, 0.3) is 0 Å². The van der Waals surface area contributed by atoms with Gasteiger partial charge in [-0.2, -0.15) is 0 Å². The van der Waals surface area contributed by atoms with Crippen molar-refractivity contribution >= 4 is 11.7 Å². The summed E-state index contributed by atoms with van der Waals surface area (Å²) >= 11 is 0. The second-order valence-electron chi connectivity index (χ2n) is 4.42. The van der Waals surface area contributed by atoms with E-state index in [1.165, 1.54) is 19.1 Å². The van der Waals surface area contributed by atoms with Crippen LogP contribution in [0.5, 0.6) is 5.75 Å². The van der Waals surface area contributed by atoms with Gasteiger partial charge in [0, 0.05) is 5.56 Å². The molecule has 108 valence electrons. The van der Waals surface area contributed by atoms with Crippen LogP contribution >= 0.6 is 0 Å². The standard InChI is InChI=1S/C15H13NO5/c1-10-12(15(17)18)7-8-13(14(10)16(19)20)21-9-11-5-3-2-4-6-11/h2-8H,9H2,1H3,(H,17,18). The van der Waals surface area contributed by atoms with E-state index in [1.807, 2.05) is 30.3 Å². The maximum atomic E-state index is 11.2. The summed E-state index contributed by atoms with van der Waals surface area (Å²) in [6.45, 7) is 1.57. The first-order valence-electron chi connectivity index (χ1n) is 6.18. The first-order valence-corrected chi connectivity index (χ1v) is 6.18. The Balaban J connectivity index is 2.33. The molecule has 0 radical (unpaired) electrons. The van der Waals surface area contributed by atoms with Crippen molar-refractivity contribution in [2.45, 2.75) is 13.5 Å². The number of ether oxygens (including phenoxy) is 1. The molecule has 0 heterocycles. The second-order valence-corrected chi connectivity index (χ2v) is 4.42. The highest BCUT2D eigenvalue weighted by Gasteiger charge is 2.24. The van der Waals surface area contributed by atoms with E-state index in [0.29, 0.717) is 0 Å².